The van der Waals surface area contributed by atoms with Crippen LogP contribution in [-0.2, 0) is 0 Å². The number of carbonyl (C=O) groups is 1. The zero-order valence-corrected chi connectivity index (χ0v) is 13.8. The van der Waals surface area contributed by atoms with Gasteiger partial charge in [-0.1, -0.05) is 0 Å². The molecule has 0 spiro atoms. The predicted molar refractivity (Wildman–Crippen MR) is 93.5 cm³/mol. The zero-order chi connectivity index (χ0) is 16.4. The molecule has 0 aliphatic carbocycles. The Morgan fingerprint density at radius 2 is 1.79 bits per heavy atom. The van der Waals surface area contributed by atoms with Gasteiger partial charge >= 0.3 is 0 Å². The number of amides is 1. The number of nitrogens with zero attached hydrogens (tertiary/aromatic N) is 5. The first-order chi connectivity index (χ1) is 11.8. The second-order valence-electron chi connectivity index (χ2n) is 5.74. The van der Waals surface area contributed by atoms with Crippen LogP contribution in [0.2, 0.25) is 0 Å². The Bertz CT molecular complexity index is 856. The summed E-state index contributed by atoms with van der Waals surface area (Å²) in [6, 6.07) is 5.27. The van der Waals surface area contributed by atoms with Gasteiger partial charge in [0.25, 0.3) is 5.91 Å². The number of benzene rings is 1. The van der Waals surface area contributed by atoms with Crippen molar-refractivity contribution in [3.05, 3.63) is 36.2 Å². The first-order valence-electron chi connectivity index (χ1n) is 7.90. The average molecular weight is 340 g/mol. The van der Waals surface area contributed by atoms with Crippen LogP contribution in [0.1, 0.15) is 29.6 Å². The number of nitrogens with one attached hydrogen (secondary N) is 1. The second-order valence-corrected chi connectivity index (χ2v) is 6.27. The normalized spacial score (nSPS) is 14.8. The van der Waals surface area contributed by atoms with Gasteiger partial charge in [-0.25, -0.2) is 9.97 Å². The summed E-state index contributed by atoms with van der Waals surface area (Å²) in [4.78, 5) is 23.3. The topological polar surface area (TPSA) is 83.9 Å². The summed E-state index contributed by atoms with van der Waals surface area (Å²) in [6.45, 7) is 1.99. The highest BCUT2D eigenvalue weighted by atomic mass is 32.1. The predicted octanol–water partition coefficient (Wildman–Crippen LogP) is 2.72. The summed E-state index contributed by atoms with van der Waals surface area (Å²) in [6.07, 6.45) is 6.92. The van der Waals surface area contributed by atoms with Gasteiger partial charge in [-0.3, -0.25) is 4.79 Å². The highest BCUT2D eigenvalue weighted by Crippen LogP contribution is 2.18. The SMILES string of the molecule is O=C(Nc1cnc(N2CCCCC2)nc1)c1ccc2nsnc2c1. The molecule has 0 unspecified atom stereocenters. The van der Waals surface area contributed by atoms with Crippen LogP contribution in [0.4, 0.5) is 11.6 Å². The highest BCUT2D eigenvalue weighted by Gasteiger charge is 2.14. The molecule has 2 aromatic heterocycles. The van der Waals surface area contributed by atoms with Gasteiger partial charge in [0.15, 0.2) is 0 Å². The standard InChI is InChI=1S/C16H16N6OS/c23-15(11-4-5-13-14(8-11)21-24-20-13)19-12-9-17-16(18-10-12)22-6-2-1-3-7-22/h4-5,8-10H,1-3,6-7H2,(H,19,23). The molecule has 24 heavy (non-hydrogen) atoms. The summed E-state index contributed by atoms with van der Waals surface area (Å²) in [7, 11) is 0. The van der Waals surface area contributed by atoms with E-state index in [0.717, 1.165) is 41.8 Å². The molecule has 1 aliphatic heterocycles. The van der Waals surface area contributed by atoms with Crippen LogP contribution in [-0.4, -0.2) is 37.7 Å². The lowest BCUT2D eigenvalue weighted by Gasteiger charge is -2.26. The maximum atomic E-state index is 12.3. The van der Waals surface area contributed by atoms with Gasteiger partial charge in [0.2, 0.25) is 5.95 Å². The van der Waals surface area contributed by atoms with Crippen molar-refractivity contribution < 1.29 is 4.79 Å². The van der Waals surface area contributed by atoms with Crippen molar-refractivity contribution in [1.82, 2.24) is 18.7 Å². The van der Waals surface area contributed by atoms with Gasteiger partial charge < -0.3 is 10.2 Å². The van der Waals surface area contributed by atoms with E-state index >= 15 is 0 Å². The van der Waals surface area contributed by atoms with E-state index in [-0.39, 0.29) is 5.91 Å². The van der Waals surface area contributed by atoms with Gasteiger partial charge in [-0.15, -0.1) is 0 Å². The molecule has 3 aromatic rings. The van der Waals surface area contributed by atoms with Crippen molar-refractivity contribution in [2.75, 3.05) is 23.3 Å². The van der Waals surface area contributed by atoms with E-state index in [9.17, 15) is 4.79 Å². The minimum atomic E-state index is -0.209. The first kappa shape index (κ1) is 14.9. The molecule has 1 saturated heterocycles. The van der Waals surface area contributed by atoms with Gasteiger partial charge in [-0.2, -0.15) is 8.75 Å². The largest absolute Gasteiger partial charge is 0.341 e. The third kappa shape index (κ3) is 3.05. The average Bonchev–Trinajstić information content (AvgIpc) is 3.11. The van der Waals surface area contributed by atoms with E-state index in [1.807, 2.05) is 0 Å². The number of hydrogen-bond acceptors (Lipinski definition) is 7. The number of rotatable bonds is 3. The third-order valence-electron chi connectivity index (χ3n) is 4.05. The van der Waals surface area contributed by atoms with Gasteiger partial charge in [0, 0.05) is 18.7 Å². The molecule has 1 N–H and O–H groups in total. The van der Waals surface area contributed by atoms with Crippen LogP contribution in [0.15, 0.2) is 30.6 Å². The Balaban J connectivity index is 1.46. The molecule has 1 amide bonds. The molecule has 4 rings (SSSR count). The number of hydrogen-bond donors (Lipinski definition) is 1. The smallest absolute Gasteiger partial charge is 0.255 e. The van der Waals surface area contributed by atoms with Crippen LogP contribution in [0.5, 0.6) is 0 Å². The summed E-state index contributed by atoms with van der Waals surface area (Å²) < 4.78 is 8.28. The van der Waals surface area contributed by atoms with Crippen LogP contribution in [0.25, 0.3) is 11.0 Å². The summed E-state index contributed by atoms with van der Waals surface area (Å²) >= 11 is 1.14. The molecular formula is C16H16N6OS. The quantitative estimate of drug-likeness (QED) is 0.789. The molecule has 0 radical (unpaired) electrons. The molecule has 1 aliphatic rings. The Morgan fingerprint density at radius 1 is 1.04 bits per heavy atom. The second kappa shape index (κ2) is 6.48. The minimum absolute atomic E-state index is 0.209. The fraction of sp³-hybridized carbons (Fsp3) is 0.312. The van der Waals surface area contributed by atoms with Gasteiger partial charge in [0.1, 0.15) is 11.0 Å². The van der Waals surface area contributed by atoms with Crippen LogP contribution in [0.3, 0.4) is 0 Å². The molecule has 0 atom stereocenters. The number of fused-ring (bicyclic) bond motifs is 1. The first-order valence-corrected chi connectivity index (χ1v) is 8.63. The van der Waals surface area contributed by atoms with E-state index in [1.165, 1.54) is 19.3 Å². The lowest BCUT2D eigenvalue weighted by molar-refractivity contribution is 0.102. The van der Waals surface area contributed by atoms with Crippen LogP contribution >= 0.6 is 11.7 Å². The number of piperidine rings is 1. The van der Waals surface area contributed by atoms with Crippen molar-refractivity contribution in [2.24, 2.45) is 0 Å². The Kier molecular flexibility index (Phi) is 4.04. The molecule has 1 fully saturated rings. The molecular weight excluding hydrogens is 324 g/mol. The zero-order valence-electron chi connectivity index (χ0n) is 13.0. The maximum absolute atomic E-state index is 12.3. The maximum Gasteiger partial charge on any atom is 0.255 e. The Morgan fingerprint density at radius 3 is 2.58 bits per heavy atom. The monoisotopic (exact) mass is 340 g/mol. The molecule has 1 aromatic carbocycles. The summed E-state index contributed by atoms with van der Waals surface area (Å²) in [5.41, 5.74) is 2.64. The molecule has 0 saturated carbocycles. The molecule has 8 heteroatoms. The van der Waals surface area contributed by atoms with Gasteiger partial charge in [0.05, 0.1) is 29.8 Å². The van der Waals surface area contributed by atoms with E-state index in [1.54, 1.807) is 30.6 Å². The van der Waals surface area contributed by atoms with Crippen molar-refractivity contribution in [3.8, 4) is 0 Å². The Hall–Kier alpha value is -2.61. The van der Waals surface area contributed by atoms with Crippen molar-refractivity contribution in [1.29, 1.82) is 0 Å². The number of anilines is 2. The Labute approximate surface area is 143 Å². The minimum Gasteiger partial charge on any atom is -0.341 e. The molecule has 3 heterocycles. The van der Waals surface area contributed by atoms with Crippen molar-refractivity contribution in [3.63, 3.8) is 0 Å². The van der Waals surface area contributed by atoms with E-state index in [0.29, 0.717) is 11.3 Å². The van der Waals surface area contributed by atoms with E-state index < -0.39 is 0 Å². The summed E-state index contributed by atoms with van der Waals surface area (Å²) in [5.74, 6) is 0.516. The van der Waals surface area contributed by atoms with E-state index in [4.69, 9.17) is 0 Å². The lowest BCUT2D eigenvalue weighted by Crippen LogP contribution is -2.30. The lowest BCUT2D eigenvalue weighted by atomic mass is 10.1. The third-order valence-corrected chi connectivity index (χ3v) is 4.61. The fourth-order valence-corrected chi connectivity index (χ4v) is 3.29. The molecule has 0 bridgehead atoms. The van der Waals surface area contributed by atoms with Crippen molar-refractivity contribution in [2.45, 2.75) is 19.3 Å². The number of aromatic nitrogens is 4. The van der Waals surface area contributed by atoms with Crippen molar-refractivity contribution >= 4 is 40.3 Å². The van der Waals surface area contributed by atoms with Crippen LogP contribution in [0, 0.1) is 0 Å². The molecule has 7 nitrogen and oxygen atoms in total. The highest BCUT2D eigenvalue weighted by molar-refractivity contribution is 7.00. The fourth-order valence-electron chi connectivity index (χ4n) is 2.77. The summed E-state index contributed by atoms with van der Waals surface area (Å²) in [5, 5.41) is 2.82. The number of carbonyl (C=O) groups excluding carboxylic acids is 1. The van der Waals surface area contributed by atoms with E-state index in [2.05, 4.69) is 28.9 Å². The van der Waals surface area contributed by atoms with Crippen LogP contribution < -0.4 is 10.2 Å². The molecule has 122 valence electrons. The van der Waals surface area contributed by atoms with Gasteiger partial charge in [-0.05, 0) is 37.5 Å².